The minimum absolute atomic E-state index is 0.0137. The molecular weight excluding hydrogens is 264 g/mol. The molecule has 1 amide bonds. The molecule has 0 saturated carbocycles. The van der Waals surface area contributed by atoms with E-state index in [1.165, 1.54) is 24.3 Å². The van der Waals surface area contributed by atoms with E-state index in [-0.39, 0.29) is 17.7 Å². The first-order valence-electron chi connectivity index (χ1n) is 5.39. The number of nitrogens with one attached hydrogen (secondary N) is 1. The van der Waals surface area contributed by atoms with Crippen LogP contribution in [-0.4, -0.2) is 18.6 Å². The highest BCUT2D eigenvalue weighted by molar-refractivity contribution is 6.30. The second-order valence-corrected chi connectivity index (χ2v) is 4.41. The lowest BCUT2D eigenvalue weighted by Gasteiger charge is -2.13. The Labute approximate surface area is 109 Å². The van der Waals surface area contributed by atoms with Gasteiger partial charge in [-0.2, -0.15) is 8.78 Å². The smallest absolute Gasteiger partial charge is 0.387 e. The Hall–Kier alpha value is -1.36. The van der Waals surface area contributed by atoms with E-state index in [1.54, 1.807) is 0 Å². The van der Waals surface area contributed by atoms with Crippen molar-refractivity contribution in [3.63, 3.8) is 0 Å². The second-order valence-electron chi connectivity index (χ2n) is 3.97. The summed E-state index contributed by atoms with van der Waals surface area (Å²) in [7, 11) is 0. The number of amides is 1. The summed E-state index contributed by atoms with van der Waals surface area (Å²) < 4.78 is 28.1. The highest BCUT2D eigenvalue weighted by atomic mass is 35.5. The molecule has 18 heavy (non-hydrogen) atoms. The van der Waals surface area contributed by atoms with Gasteiger partial charge in [-0.25, -0.2) is 0 Å². The summed E-state index contributed by atoms with van der Waals surface area (Å²) >= 11 is 5.96. The SMILES string of the molecule is CC(C)NC(=O)C(Cl)c1ccc(OC(F)F)cc1. The number of alkyl halides is 3. The summed E-state index contributed by atoms with van der Waals surface area (Å²) in [5.41, 5.74) is 0.524. The van der Waals surface area contributed by atoms with E-state index in [0.717, 1.165) is 0 Å². The lowest BCUT2D eigenvalue weighted by atomic mass is 10.1. The predicted octanol–water partition coefficient (Wildman–Crippen LogP) is 3.09. The third-order valence-corrected chi connectivity index (χ3v) is 2.51. The zero-order valence-electron chi connectivity index (χ0n) is 9.99. The van der Waals surface area contributed by atoms with Crippen molar-refractivity contribution in [2.75, 3.05) is 0 Å². The Morgan fingerprint density at radius 3 is 2.28 bits per heavy atom. The van der Waals surface area contributed by atoms with Crippen LogP contribution in [0.3, 0.4) is 0 Å². The topological polar surface area (TPSA) is 38.3 Å². The van der Waals surface area contributed by atoms with Gasteiger partial charge in [-0.3, -0.25) is 4.79 Å². The molecule has 0 aliphatic rings. The maximum absolute atomic E-state index is 11.9. The van der Waals surface area contributed by atoms with E-state index in [9.17, 15) is 13.6 Å². The van der Waals surface area contributed by atoms with Gasteiger partial charge in [-0.05, 0) is 31.5 Å². The summed E-state index contributed by atoms with van der Waals surface area (Å²) in [6.07, 6.45) is 0. The molecule has 1 aromatic rings. The van der Waals surface area contributed by atoms with Gasteiger partial charge in [0.2, 0.25) is 5.91 Å². The van der Waals surface area contributed by atoms with Crippen LogP contribution in [0, 0.1) is 0 Å². The maximum atomic E-state index is 11.9. The third kappa shape index (κ3) is 4.49. The van der Waals surface area contributed by atoms with Crippen molar-refractivity contribution in [2.45, 2.75) is 31.9 Å². The van der Waals surface area contributed by atoms with Gasteiger partial charge in [0.1, 0.15) is 11.1 Å². The fraction of sp³-hybridized carbons (Fsp3) is 0.417. The first-order chi connectivity index (χ1) is 8.40. The van der Waals surface area contributed by atoms with Crippen LogP contribution < -0.4 is 10.1 Å². The minimum atomic E-state index is -2.87. The number of hydrogen-bond acceptors (Lipinski definition) is 2. The van der Waals surface area contributed by atoms with Crippen molar-refractivity contribution in [2.24, 2.45) is 0 Å². The van der Waals surface area contributed by atoms with Crippen LogP contribution in [0.1, 0.15) is 24.8 Å². The van der Waals surface area contributed by atoms with Gasteiger partial charge in [0, 0.05) is 6.04 Å². The summed E-state index contributed by atoms with van der Waals surface area (Å²) in [4.78, 5) is 11.6. The molecule has 0 aliphatic heterocycles. The first-order valence-corrected chi connectivity index (χ1v) is 5.83. The molecule has 1 aromatic carbocycles. The molecule has 1 atom stereocenters. The number of benzene rings is 1. The quantitative estimate of drug-likeness (QED) is 0.840. The fourth-order valence-corrected chi connectivity index (χ4v) is 1.54. The molecule has 1 unspecified atom stereocenters. The van der Waals surface area contributed by atoms with Crippen LogP contribution in [0.25, 0.3) is 0 Å². The Bertz CT molecular complexity index is 396. The van der Waals surface area contributed by atoms with Crippen molar-refractivity contribution in [3.05, 3.63) is 29.8 Å². The van der Waals surface area contributed by atoms with Crippen molar-refractivity contribution in [3.8, 4) is 5.75 Å². The van der Waals surface area contributed by atoms with Gasteiger partial charge in [-0.1, -0.05) is 12.1 Å². The van der Waals surface area contributed by atoms with Gasteiger partial charge < -0.3 is 10.1 Å². The van der Waals surface area contributed by atoms with Crippen molar-refractivity contribution in [1.29, 1.82) is 0 Å². The molecule has 0 aromatic heterocycles. The van der Waals surface area contributed by atoms with E-state index in [2.05, 4.69) is 10.1 Å². The van der Waals surface area contributed by atoms with E-state index in [4.69, 9.17) is 11.6 Å². The Morgan fingerprint density at radius 2 is 1.83 bits per heavy atom. The largest absolute Gasteiger partial charge is 0.435 e. The molecule has 0 fully saturated rings. The van der Waals surface area contributed by atoms with E-state index in [1.807, 2.05) is 13.8 Å². The third-order valence-electron chi connectivity index (χ3n) is 2.06. The zero-order chi connectivity index (χ0) is 13.7. The van der Waals surface area contributed by atoms with Gasteiger partial charge in [0.05, 0.1) is 0 Å². The zero-order valence-corrected chi connectivity index (χ0v) is 10.7. The molecule has 3 nitrogen and oxygen atoms in total. The molecule has 0 heterocycles. The second kappa shape index (κ2) is 6.54. The number of ether oxygens (including phenoxy) is 1. The Morgan fingerprint density at radius 1 is 1.28 bits per heavy atom. The number of carbonyl (C=O) groups is 1. The number of carbonyl (C=O) groups excluding carboxylic acids is 1. The lowest BCUT2D eigenvalue weighted by Crippen LogP contribution is -2.32. The molecule has 0 bridgehead atoms. The van der Waals surface area contributed by atoms with Gasteiger partial charge in [0.25, 0.3) is 0 Å². The first kappa shape index (κ1) is 14.7. The van der Waals surface area contributed by atoms with Gasteiger partial charge in [-0.15, -0.1) is 11.6 Å². The highest BCUT2D eigenvalue weighted by Crippen LogP contribution is 2.24. The van der Waals surface area contributed by atoms with E-state index >= 15 is 0 Å². The molecule has 0 saturated heterocycles. The van der Waals surface area contributed by atoms with E-state index < -0.39 is 12.0 Å². The molecule has 100 valence electrons. The fourth-order valence-electron chi connectivity index (χ4n) is 1.33. The number of hydrogen-bond donors (Lipinski definition) is 1. The van der Waals surface area contributed by atoms with Crippen molar-refractivity contribution in [1.82, 2.24) is 5.32 Å². The van der Waals surface area contributed by atoms with Crippen LogP contribution in [0.2, 0.25) is 0 Å². The summed E-state index contributed by atoms with van der Waals surface area (Å²) in [6, 6.07) is 5.64. The average Bonchev–Trinajstić information content (AvgIpc) is 2.27. The molecule has 1 rings (SSSR count). The van der Waals surface area contributed by atoms with Crippen LogP contribution in [0.15, 0.2) is 24.3 Å². The standard InChI is InChI=1S/C12H14ClF2NO2/c1-7(2)16-11(17)10(13)8-3-5-9(6-4-8)18-12(14)15/h3-7,10,12H,1-2H3,(H,16,17). The van der Waals surface area contributed by atoms with Crippen LogP contribution in [0.5, 0.6) is 5.75 Å². The monoisotopic (exact) mass is 277 g/mol. The summed E-state index contributed by atoms with van der Waals surface area (Å²) in [5.74, 6) is -0.295. The maximum Gasteiger partial charge on any atom is 0.387 e. The molecular formula is C12H14ClF2NO2. The van der Waals surface area contributed by atoms with Crippen LogP contribution in [-0.2, 0) is 4.79 Å². The molecule has 0 aliphatic carbocycles. The molecule has 0 spiro atoms. The Balaban J connectivity index is 2.69. The molecule has 1 N–H and O–H groups in total. The highest BCUT2D eigenvalue weighted by Gasteiger charge is 2.18. The normalized spacial score (nSPS) is 12.6. The average molecular weight is 278 g/mol. The molecule has 6 heteroatoms. The van der Waals surface area contributed by atoms with Gasteiger partial charge >= 0.3 is 6.61 Å². The van der Waals surface area contributed by atoms with Gasteiger partial charge in [0.15, 0.2) is 0 Å². The number of halogens is 3. The molecule has 0 radical (unpaired) electrons. The summed E-state index contributed by atoms with van der Waals surface area (Å²) in [5, 5.41) is 1.81. The van der Waals surface area contributed by atoms with Crippen LogP contribution >= 0.6 is 11.6 Å². The van der Waals surface area contributed by atoms with Crippen molar-refractivity contribution >= 4 is 17.5 Å². The van der Waals surface area contributed by atoms with E-state index in [0.29, 0.717) is 5.56 Å². The predicted molar refractivity (Wildman–Crippen MR) is 64.9 cm³/mol. The summed E-state index contributed by atoms with van der Waals surface area (Å²) in [6.45, 7) is 0.772. The minimum Gasteiger partial charge on any atom is -0.435 e. The van der Waals surface area contributed by atoms with Crippen LogP contribution in [0.4, 0.5) is 8.78 Å². The Kier molecular flexibility index (Phi) is 5.34. The number of rotatable bonds is 5. The lowest BCUT2D eigenvalue weighted by molar-refractivity contribution is -0.121. The van der Waals surface area contributed by atoms with Crippen molar-refractivity contribution < 1.29 is 18.3 Å².